The molecule has 38 heavy (non-hydrogen) atoms. The number of carbonyl (C=O) groups excluding carboxylic acids is 2. The van der Waals surface area contributed by atoms with Crippen LogP contribution in [0.4, 0.5) is 5.69 Å². The molecule has 0 aliphatic heterocycles. The lowest BCUT2D eigenvalue weighted by Gasteiger charge is -2.09. The van der Waals surface area contributed by atoms with Gasteiger partial charge in [-0.1, -0.05) is 55.4 Å². The van der Waals surface area contributed by atoms with Crippen LogP contribution >= 0.6 is 0 Å². The van der Waals surface area contributed by atoms with Crippen molar-refractivity contribution in [3.8, 4) is 0 Å². The number of aliphatic hydroxyl groups is 1. The molecule has 7 nitrogen and oxygen atoms in total. The largest absolute Gasteiger partial charge is 0.481 e. The van der Waals surface area contributed by atoms with Crippen molar-refractivity contribution in [1.82, 2.24) is 0 Å². The van der Waals surface area contributed by atoms with Gasteiger partial charge >= 0.3 is 5.97 Å². The molecule has 1 rings (SSSR count). The Labute approximate surface area is 229 Å². The summed E-state index contributed by atoms with van der Waals surface area (Å²) in [6.07, 6.45) is 14.8. The van der Waals surface area contributed by atoms with Crippen molar-refractivity contribution >= 4 is 34.1 Å². The third-order valence-corrected chi connectivity index (χ3v) is 7.14. The van der Waals surface area contributed by atoms with Gasteiger partial charge in [-0.15, -0.1) is 0 Å². The van der Waals surface area contributed by atoms with Gasteiger partial charge in [0.1, 0.15) is 12.5 Å². The monoisotopic (exact) mass is 545 g/mol. The number of unbranched alkanes of at least 4 members (excludes halogenated alkanes) is 3. The van der Waals surface area contributed by atoms with E-state index in [4.69, 9.17) is 10.2 Å². The molecule has 0 heterocycles. The fourth-order valence-electron chi connectivity index (χ4n) is 3.91. The van der Waals surface area contributed by atoms with E-state index in [2.05, 4.69) is 11.9 Å². The quantitative estimate of drug-likeness (QED) is 0.115. The standard InChI is InChI=1S/C30H43NO6S/c1-4-24(11-9-12-27(30(35)36)28(33)22-32)15-13-23(2)14-20-29(34)31-26-18-16-25(17-19-26)10-7-5-6-8-21-38(3)37/h4,13,15-19,27,32H,1,5-12,14,20-22H2,2-3H3,(H,31,34)(H,35,36)/b23-13+,24-15+. The Hall–Kier alpha value is -2.84. The van der Waals surface area contributed by atoms with Crippen molar-refractivity contribution in [1.29, 1.82) is 0 Å². The van der Waals surface area contributed by atoms with Crippen LogP contribution < -0.4 is 5.32 Å². The first-order valence-electron chi connectivity index (χ1n) is 13.2. The second-order valence-electron chi connectivity index (χ2n) is 9.55. The molecule has 210 valence electrons. The zero-order valence-electron chi connectivity index (χ0n) is 22.7. The topological polar surface area (TPSA) is 121 Å². The summed E-state index contributed by atoms with van der Waals surface area (Å²) < 4.78 is 11.1. The van der Waals surface area contributed by atoms with Crippen LogP contribution in [0.1, 0.15) is 70.3 Å². The van der Waals surface area contributed by atoms with Crippen LogP contribution in [0.3, 0.4) is 0 Å². The van der Waals surface area contributed by atoms with Gasteiger partial charge < -0.3 is 15.5 Å². The summed E-state index contributed by atoms with van der Waals surface area (Å²) in [5, 5.41) is 21.0. The number of carbonyl (C=O) groups is 3. The van der Waals surface area contributed by atoms with E-state index in [0.717, 1.165) is 54.7 Å². The fraction of sp³-hybridized carbons (Fsp3) is 0.500. The summed E-state index contributed by atoms with van der Waals surface area (Å²) in [6.45, 7) is 4.96. The molecule has 2 unspecified atom stereocenters. The number of amides is 1. The number of allylic oxidation sites excluding steroid dienone is 5. The van der Waals surface area contributed by atoms with Gasteiger partial charge in [-0.3, -0.25) is 18.6 Å². The maximum atomic E-state index is 12.4. The predicted molar refractivity (Wildman–Crippen MR) is 155 cm³/mol. The Bertz CT molecular complexity index is 997. The maximum Gasteiger partial charge on any atom is 0.314 e. The lowest BCUT2D eigenvalue weighted by molar-refractivity contribution is -0.147. The van der Waals surface area contributed by atoms with Gasteiger partial charge in [-0.2, -0.15) is 0 Å². The number of ketones is 1. The van der Waals surface area contributed by atoms with E-state index in [1.165, 1.54) is 5.56 Å². The lowest BCUT2D eigenvalue weighted by atomic mass is 9.96. The van der Waals surface area contributed by atoms with E-state index in [9.17, 15) is 18.6 Å². The first-order chi connectivity index (χ1) is 18.2. The van der Waals surface area contributed by atoms with Crippen molar-refractivity contribution < 1.29 is 28.8 Å². The van der Waals surface area contributed by atoms with Crippen molar-refractivity contribution in [3.05, 3.63) is 65.8 Å². The van der Waals surface area contributed by atoms with Gasteiger partial charge in [0.15, 0.2) is 5.78 Å². The van der Waals surface area contributed by atoms with E-state index in [-0.39, 0.29) is 12.3 Å². The molecule has 0 spiro atoms. The van der Waals surface area contributed by atoms with Crippen LogP contribution in [0, 0.1) is 5.92 Å². The highest BCUT2D eigenvalue weighted by molar-refractivity contribution is 7.84. The van der Waals surface area contributed by atoms with Gasteiger partial charge in [0.25, 0.3) is 0 Å². The average molecular weight is 546 g/mol. The number of carboxylic acids is 1. The summed E-state index contributed by atoms with van der Waals surface area (Å²) in [4.78, 5) is 35.1. The molecule has 0 radical (unpaired) electrons. The Morgan fingerprint density at radius 2 is 1.68 bits per heavy atom. The average Bonchev–Trinajstić information content (AvgIpc) is 2.89. The van der Waals surface area contributed by atoms with Crippen molar-refractivity contribution in [2.45, 2.75) is 71.1 Å². The zero-order chi connectivity index (χ0) is 28.3. The highest BCUT2D eigenvalue weighted by atomic mass is 32.2. The highest BCUT2D eigenvalue weighted by Crippen LogP contribution is 2.17. The fourth-order valence-corrected chi connectivity index (χ4v) is 4.52. The number of hydrogen-bond acceptors (Lipinski definition) is 5. The normalized spacial score (nSPS) is 13.6. The first-order valence-corrected chi connectivity index (χ1v) is 14.9. The molecule has 0 saturated heterocycles. The number of Topliss-reactive ketones (excluding diaryl/α,β-unsaturated/α-hetero) is 1. The smallest absolute Gasteiger partial charge is 0.314 e. The van der Waals surface area contributed by atoms with E-state index in [0.29, 0.717) is 25.7 Å². The third-order valence-electron chi connectivity index (χ3n) is 6.28. The van der Waals surface area contributed by atoms with E-state index < -0.39 is 35.1 Å². The molecule has 0 aliphatic carbocycles. The number of anilines is 1. The van der Waals surface area contributed by atoms with Crippen LogP contribution in [0.15, 0.2) is 60.2 Å². The maximum absolute atomic E-state index is 12.4. The number of carboxylic acid groups (broad SMARTS) is 1. The van der Waals surface area contributed by atoms with Crippen LogP contribution in [0.5, 0.6) is 0 Å². The molecular weight excluding hydrogens is 502 g/mol. The van der Waals surface area contributed by atoms with Crippen LogP contribution in [0.25, 0.3) is 0 Å². The van der Waals surface area contributed by atoms with Crippen molar-refractivity contribution in [2.75, 3.05) is 23.9 Å². The van der Waals surface area contributed by atoms with Gasteiger partial charge in [0.05, 0.1) is 0 Å². The predicted octanol–water partition coefficient (Wildman–Crippen LogP) is 5.38. The Morgan fingerprint density at radius 3 is 2.29 bits per heavy atom. The van der Waals surface area contributed by atoms with E-state index >= 15 is 0 Å². The van der Waals surface area contributed by atoms with E-state index in [1.54, 1.807) is 12.3 Å². The molecule has 1 aromatic rings. The van der Waals surface area contributed by atoms with Crippen LogP contribution in [0.2, 0.25) is 0 Å². The Balaban J connectivity index is 2.41. The lowest BCUT2D eigenvalue weighted by Crippen LogP contribution is -2.26. The van der Waals surface area contributed by atoms with Gasteiger partial charge in [0.2, 0.25) is 5.91 Å². The Morgan fingerprint density at radius 1 is 1.00 bits per heavy atom. The molecule has 3 N–H and O–H groups in total. The minimum Gasteiger partial charge on any atom is -0.481 e. The minimum absolute atomic E-state index is 0.0556. The summed E-state index contributed by atoms with van der Waals surface area (Å²) in [7, 11) is -0.702. The summed E-state index contributed by atoms with van der Waals surface area (Å²) in [5.74, 6) is -2.36. The zero-order valence-corrected chi connectivity index (χ0v) is 23.6. The van der Waals surface area contributed by atoms with Crippen molar-refractivity contribution in [2.24, 2.45) is 5.92 Å². The van der Waals surface area contributed by atoms with Gasteiger partial charge in [-0.05, 0) is 75.1 Å². The Kier molecular flexibility index (Phi) is 16.8. The number of aliphatic carboxylic acids is 1. The molecule has 0 aliphatic rings. The SMILES string of the molecule is C=C/C(=C\C=C(/C)CCC(=O)Nc1ccc(CCCCCCS(C)=O)cc1)CCCC(C(=O)O)C(=O)CO. The third kappa shape index (κ3) is 14.8. The number of aliphatic hydroxyl groups excluding tert-OH is 1. The minimum atomic E-state index is -1.22. The molecule has 0 saturated carbocycles. The molecule has 2 atom stereocenters. The van der Waals surface area contributed by atoms with E-state index in [1.807, 2.05) is 43.3 Å². The summed E-state index contributed by atoms with van der Waals surface area (Å²) in [5.41, 5.74) is 3.95. The first kappa shape index (κ1) is 33.2. The molecular formula is C30H43NO6S. The molecule has 1 amide bonds. The van der Waals surface area contributed by atoms with Crippen LogP contribution in [-0.4, -0.2) is 50.7 Å². The second kappa shape index (κ2) is 19.3. The number of rotatable bonds is 20. The summed E-state index contributed by atoms with van der Waals surface area (Å²) >= 11 is 0. The molecule has 0 fully saturated rings. The molecule has 0 aromatic heterocycles. The summed E-state index contributed by atoms with van der Waals surface area (Å²) in [6, 6.07) is 7.94. The highest BCUT2D eigenvalue weighted by Gasteiger charge is 2.24. The number of nitrogens with one attached hydrogen (secondary N) is 1. The molecule has 8 heteroatoms. The number of aryl methyl sites for hydroxylation is 1. The van der Waals surface area contributed by atoms with Crippen molar-refractivity contribution in [3.63, 3.8) is 0 Å². The molecule has 0 bridgehead atoms. The van der Waals surface area contributed by atoms with Crippen LogP contribution in [-0.2, 0) is 31.6 Å². The number of benzene rings is 1. The molecule has 1 aromatic carbocycles. The second-order valence-corrected chi connectivity index (χ2v) is 11.1. The van der Waals surface area contributed by atoms with Gasteiger partial charge in [-0.25, -0.2) is 0 Å². The van der Waals surface area contributed by atoms with Gasteiger partial charge in [0, 0.05) is 34.9 Å². The number of hydrogen-bond donors (Lipinski definition) is 3.